The molecule has 1 N–H and O–H groups in total. The van der Waals surface area contributed by atoms with E-state index in [1.54, 1.807) is 14.2 Å². The molecular formula is C13H19NO3. The zero-order valence-corrected chi connectivity index (χ0v) is 10.3. The van der Waals surface area contributed by atoms with Gasteiger partial charge in [-0.25, -0.2) is 0 Å². The lowest BCUT2D eigenvalue weighted by molar-refractivity contribution is -0.106. The fourth-order valence-corrected chi connectivity index (χ4v) is 2.16. The molecule has 94 valence electrons. The number of methoxy groups -OCH3 is 2. The second kappa shape index (κ2) is 6.12. The minimum absolute atomic E-state index is 0.216. The predicted molar refractivity (Wildman–Crippen MR) is 64.8 cm³/mol. The number of nitrogens with one attached hydrogen (secondary N) is 1. The monoisotopic (exact) mass is 237 g/mol. The predicted octanol–water partition coefficient (Wildman–Crippen LogP) is 1.64. The molecule has 1 aliphatic rings. The summed E-state index contributed by atoms with van der Waals surface area (Å²) >= 11 is 0. The number of morpholine rings is 1. The van der Waals surface area contributed by atoms with Gasteiger partial charge in [-0.1, -0.05) is 24.3 Å². The van der Waals surface area contributed by atoms with Crippen LogP contribution < -0.4 is 5.32 Å². The van der Waals surface area contributed by atoms with E-state index < -0.39 is 0 Å². The lowest BCUT2D eigenvalue weighted by atomic mass is 9.99. The summed E-state index contributed by atoms with van der Waals surface area (Å²) in [5.74, 6) is 0. The highest BCUT2D eigenvalue weighted by Crippen LogP contribution is 2.27. The quantitative estimate of drug-likeness (QED) is 0.808. The summed E-state index contributed by atoms with van der Waals surface area (Å²) in [6.45, 7) is 2.34. The Bertz CT molecular complexity index is 346. The molecule has 1 aliphatic heterocycles. The second-order valence-corrected chi connectivity index (χ2v) is 4.01. The van der Waals surface area contributed by atoms with Gasteiger partial charge in [-0.2, -0.15) is 0 Å². The first-order valence-corrected chi connectivity index (χ1v) is 5.82. The Morgan fingerprint density at radius 3 is 2.71 bits per heavy atom. The molecular weight excluding hydrogens is 218 g/mol. The van der Waals surface area contributed by atoms with Gasteiger partial charge in [0.25, 0.3) is 0 Å². The van der Waals surface area contributed by atoms with Crippen LogP contribution in [0.5, 0.6) is 0 Å². The van der Waals surface area contributed by atoms with Crippen molar-refractivity contribution in [2.24, 2.45) is 0 Å². The highest BCUT2D eigenvalue weighted by atomic mass is 16.7. The Hall–Kier alpha value is -0.940. The van der Waals surface area contributed by atoms with E-state index in [1.807, 2.05) is 18.2 Å². The molecule has 2 rings (SSSR count). The number of hydrogen-bond donors (Lipinski definition) is 1. The van der Waals surface area contributed by atoms with E-state index in [2.05, 4.69) is 11.4 Å². The molecule has 0 aromatic heterocycles. The highest BCUT2D eigenvalue weighted by Gasteiger charge is 2.21. The highest BCUT2D eigenvalue weighted by molar-refractivity contribution is 5.31. The van der Waals surface area contributed by atoms with Gasteiger partial charge < -0.3 is 19.5 Å². The topological polar surface area (TPSA) is 39.7 Å². The van der Waals surface area contributed by atoms with Crippen molar-refractivity contribution in [1.82, 2.24) is 5.32 Å². The Morgan fingerprint density at radius 1 is 1.29 bits per heavy atom. The zero-order chi connectivity index (χ0) is 12.1. The van der Waals surface area contributed by atoms with Crippen LogP contribution in [-0.4, -0.2) is 34.0 Å². The number of ether oxygens (including phenoxy) is 3. The molecule has 0 radical (unpaired) electrons. The van der Waals surface area contributed by atoms with Crippen molar-refractivity contribution in [1.29, 1.82) is 0 Å². The van der Waals surface area contributed by atoms with Gasteiger partial charge in [-0.15, -0.1) is 0 Å². The van der Waals surface area contributed by atoms with Crippen molar-refractivity contribution < 1.29 is 14.2 Å². The van der Waals surface area contributed by atoms with Gasteiger partial charge in [-0.3, -0.25) is 0 Å². The van der Waals surface area contributed by atoms with Crippen LogP contribution in [0.4, 0.5) is 0 Å². The van der Waals surface area contributed by atoms with Gasteiger partial charge in [0, 0.05) is 26.3 Å². The van der Waals surface area contributed by atoms with E-state index in [9.17, 15) is 0 Å². The van der Waals surface area contributed by atoms with Gasteiger partial charge in [0.2, 0.25) is 0 Å². The molecule has 1 atom stereocenters. The third kappa shape index (κ3) is 2.84. The van der Waals surface area contributed by atoms with Crippen molar-refractivity contribution in [3.05, 3.63) is 35.4 Å². The average Bonchev–Trinajstić information content (AvgIpc) is 2.42. The maximum Gasteiger partial charge on any atom is 0.183 e. The summed E-state index contributed by atoms with van der Waals surface area (Å²) in [6.07, 6.45) is -0.324. The summed E-state index contributed by atoms with van der Waals surface area (Å²) in [5, 5.41) is 3.44. The van der Waals surface area contributed by atoms with Gasteiger partial charge in [0.1, 0.15) is 0 Å². The van der Waals surface area contributed by atoms with Crippen LogP contribution in [0.15, 0.2) is 24.3 Å². The molecule has 1 saturated heterocycles. The summed E-state index contributed by atoms with van der Waals surface area (Å²) in [6, 6.07) is 8.36. The van der Waals surface area contributed by atoms with Crippen LogP contribution in [0.25, 0.3) is 0 Å². The maximum atomic E-state index is 5.49. The van der Waals surface area contributed by atoms with Gasteiger partial charge in [-0.05, 0) is 5.56 Å². The van der Waals surface area contributed by atoms with Crippen LogP contribution >= 0.6 is 0 Å². The number of benzene rings is 1. The summed E-state index contributed by atoms with van der Waals surface area (Å²) in [7, 11) is 3.30. The van der Waals surface area contributed by atoms with E-state index in [1.165, 1.54) is 5.56 Å². The maximum absolute atomic E-state index is 5.49. The van der Waals surface area contributed by atoms with Gasteiger partial charge >= 0.3 is 0 Å². The minimum Gasteiger partial charge on any atom is -0.378 e. The molecule has 0 bridgehead atoms. The first kappa shape index (κ1) is 12.5. The van der Waals surface area contributed by atoms with Crippen LogP contribution in [-0.2, 0) is 14.2 Å². The van der Waals surface area contributed by atoms with Gasteiger partial charge in [0.15, 0.2) is 6.29 Å². The Morgan fingerprint density at radius 2 is 2.06 bits per heavy atom. The molecule has 4 heteroatoms. The standard InChI is InChI=1S/C13H19NO3/c1-15-13(16-2)11-6-4-3-5-10(11)12-9-17-8-7-14-12/h3-6,12-14H,7-9H2,1-2H3. The lowest BCUT2D eigenvalue weighted by Gasteiger charge is -2.27. The number of hydrogen-bond acceptors (Lipinski definition) is 4. The molecule has 17 heavy (non-hydrogen) atoms. The smallest absolute Gasteiger partial charge is 0.183 e. The summed E-state index contributed by atoms with van der Waals surface area (Å²) < 4.78 is 16.1. The molecule has 1 aromatic rings. The van der Waals surface area contributed by atoms with Crippen molar-refractivity contribution in [2.45, 2.75) is 12.3 Å². The molecule has 1 heterocycles. The first-order valence-electron chi connectivity index (χ1n) is 5.82. The van der Waals surface area contributed by atoms with Gasteiger partial charge in [0.05, 0.1) is 19.3 Å². The zero-order valence-electron chi connectivity index (χ0n) is 10.3. The third-order valence-corrected chi connectivity index (χ3v) is 2.98. The van der Waals surface area contributed by atoms with Crippen molar-refractivity contribution in [2.75, 3.05) is 34.0 Å². The lowest BCUT2D eigenvalue weighted by Crippen LogP contribution is -2.35. The van der Waals surface area contributed by atoms with Crippen LogP contribution in [0.3, 0.4) is 0 Å². The van der Waals surface area contributed by atoms with Crippen LogP contribution in [0, 0.1) is 0 Å². The molecule has 1 aromatic carbocycles. The largest absolute Gasteiger partial charge is 0.378 e. The summed E-state index contributed by atoms with van der Waals surface area (Å²) in [4.78, 5) is 0. The summed E-state index contributed by atoms with van der Waals surface area (Å²) in [5.41, 5.74) is 2.24. The second-order valence-electron chi connectivity index (χ2n) is 4.01. The van der Waals surface area contributed by atoms with Crippen molar-refractivity contribution >= 4 is 0 Å². The SMILES string of the molecule is COC(OC)c1ccccc1C1COCCN1. The van der Waals surface area contributed by atoms with Crippen LogP contribution in [0.1, 0.15) is 23.5 Å². The molecule has 0 amide bonds. The molecule has 0 saturated carbocycles. The van der Waals surface area contributed by atoms with E-state index in [0.29, 0.717) is 6.61 Å². The molecule has 1 unspecified atom stereocenters. The molecule has 0 aliphatic carbocycles. The van der Waals surface area contributed by atoms with E-state index in [0.717, 1.165) is 18.7 Å². The minimum atomic E-state index is -0.324. The normalized spacial score (nSPS) is 20.8. The third-order valence-electron chi connectivity index (χ3n) is 2.98. The average molecular weight is 237 g/mol. The van der Waals surface area contributed by atoms with Crippen molar-refractivity contribution in [3.63, 3.8) is 0 Å². The first-order chi connectivity index (χ1) is 8.36. The molecule has 4 nitrogen and oxygen atoms in total. The fraction of sp³-hybridized carbons (Fsp3) is 0.538. The van der Waals surface area contributed by atoms with E-state index in [4.69, 9.17) is 14.2 Å². The Kier molecular flexibility index (Phi) is 4.50. The Balaban J connectivity index is 2.25. The Labute approximate surface area is 102 Å². The molecule has 0 spiro atoms. The fourth-order valence-electron chi connectivity index (χ4n) is 2.16. The van der Waals surface area contributed by atoms with Crippen molar-refractivity contribution in [3.8, 4) is 0 Å². The van der Waals surface area contributed by atoms with Crippen LogP contribution in [0.2, 0.25) is 0 Å². The van der Waals surface area contributed by atoms with E-state index >= 15 is 0 Å². The number of rotatable bonds is 4. The molecule has 1 fully saturated rings. The van der Waals surface area contributed by atoms with E-state index in [-0.39, 0.29) is 12.3 Å².